The van der Waals surface area contributed by atoms with Gasteiger partial charge in [0.25, 0.3) is 0 Å². The smallest absolute Gasteiger partial charge is 0.244 e. The number of thioether (sulfide) groups is 1. The highest BCUT2D eigenvalue weighted by Crippen LogP contribution is 2.71. The first-order valence-electron chi connectivity index (χ1n) is 12.4. The SMILES string of the molecule is C[C@]12CCC3(S1)C(C(=O)NCCN1CCOCC1)N(CCO)C(=O)[C@@H]3[C@H]2C(=O)Nc1ccccc1. The summed E-state index contributed by atoms with van der Waals surface area (Å²) >= 11 is 1.64. The number of nitrogens with zero attached hydrogens (tertiary/aromatic N) is 2. The van der Waals surface area contributed by atoms with Crippen molar-refractivity contribution in [3.8, 4) is 0 Å². The van der Waals surface area contributed by atoms with E-state index in [0.717, 1.165) is 26.1 Å². The zero-order valence-corrected chi connectivity index (χ0v) is 20.9. The first-order valence-corrected chi connectivity index (χ1v) is 13.3. The number of β-amino-alcohol motifs (C(OH)–C–C–N with tert-alkyl or cyclic N) is 1. The van der Waals surface area contributed by atoms with Crippen LogP contribution in [0.3, 0.4) is 0 Å². The molecular weight excluding hydrogens is 468 g/mol. The Hall–Kier alpha value is -2.14. The van der Waals surface area contributed by atoms with E-state index in [1.807, 2.05) is 30.3 Å². The molecule has 4 saturated heterocycles. The number of likely N-dealkylation sites (tertiary alicyclic amines) is 1. The Bertz CT molecular complexity index is 974. The fourth-order valence-electron chi connectivity index (χ4n) is 6.48. The lowest BCUT2D eigenvalue weighted by Crippen LogP contribution is -2.55. The largest absolute Gasteiger partial charge is 0.395 e. The third kappa shape index (κ3) is 4.24. The quantitative estimate of drug-likeness (QED) is 0.476. The van der Waals surface area contributed by atoms with Crippen molar-refractivity contribution in [2.24, 2.45) is 11.8 Å². The van der Waals surface area contributed by atoms with Gasteiger partial charge in [-0.05, 0) is 31.9 Å². The number of hydrogen-bond acceptors (Lipinski definition) is 7. The maximum absolute atomic E-state index is 13.7. The van der Waals surface area contributed by atoms with Crippen LogP contribution in [-0.2, 0) is 19.1 Å². The van der Waals surface area contributed by atoms with Crippen LogP contribution in [0.4, 0.5) is 5.69 Å². The molecule has 0 saturated carbocycles. The number of morpholine rings is 1. The minimum absolute atomic E-state index is 0.0862. The molecular formula is C25H34N4O5S. The van der Waals surface area contributed by atoms with Gasteiger partial charge >= 0.3 is 0 Å². The van der Waals surface area contributed by atoms with Gasteiger partial charge in [0, 0.05) is 43.2 Å². The summed E-state index contributed by atoms with van der Waals surface area (Å²) in [6, 6.07) is 8.56. The van der Waals surface area contributed by atoms with Gasteiger partial charge in [0.2, 0.25) is 17.7 Å². The second kappa shape index (κ2) is 9.72. The number of amides is 3. The number of carbonyl (C=O) groups is 3. The first-order chi connectivity index (χ1) is 16.9. The second-order valence-corrected chi connectivity index (χ2v) is 12.0. The highest BCUT2D eigenvalue weighted by Gasteiger charge is 2.77. The maximum Gasteiger partial charge on any atom is 0.244 e. The minimum atomic E-state index is -0.696. The number of rotatable bonds is 8. The Balaban J connectivity index is 1.36. The van der Waals surface area contributed by atoms with E-state index in [-0.39, 0.29) is 30.9 Å². The number of anilines is 1. The molecule has 4 aliphatic rings. The van der Waals surface area contributed by atoms with Crippen LogP contribution >= 0.6 is 11.8 Å². The molecule has 1 aromatic carbocycles. The molecule has 0 radical (unpaired) electrons. The Labute approximate surface area is 209 Å². The van der Waals surface area contributed by atoms with E-state index in [0.29, 0.717) is 31.9 Å². The van der Waals surface area contributed by atoms with Crippen LogP contribution in [0, 0.1) is 11.8 Å². The molecule has 5 rings (SSSR count). The number of hydrogen-bond donors (Lipinski definition) is 3. The van der Waals surface area contributed by atoms with Crippen LogP contribution in [0.15, 0.2) is 30.3 Å². The van der Waals surface area contributed by atoms with Gasteiger partial charge in [0.05, 0.1) is 36.4 Å². The number of para-hydroxylation sites is 1. The van der Waals surface area contributed by atoms with Crippen molar-refractivity contribution < 1.29 is 24.2 Å². The van der Waals surface area contributed by atoms with Gasteiger partial charge in [0.1, 0.15) is 6.04 Å². The maximum atomic E-state index is 13.7. The molecule has 3 amide bonds. The summed E-state index contributed by atoms with van der Waals surface area (Å²) in [7, 11) is 0. The van der Waals surface area contributed by atoms with Crippen LogP contribution in [-0.4, -0.2) is 101 Å². The lowest BCUT2D eigenvalue weighted by Gasteiger charge is -2.35. The molecule has 9 nitrogen and oxygen atoms in total. The normalized spacial score (nSPS) is 34.2. The van der Waals surface area contributed by atoms with Crippen molar-refractivity contribution in [1.82, 2.24) is 15.1 Å². The molecule has 2 bridgehead atoms. The molecule has 1 spiro atoms. The molecule has 4 fully saturated rings. The van der Waals surface area contributed by atoms with Crippen molar-refractivity contribution >= 4 is 35.2 Å². The molecule has 5 atom stereocenters. The van der Waals surface area contributed by atoms with E-state index >= 15 is 0 Å². The summed E-state index contributed by atoms with van der Waals surface area (Å²) < 4.78 is 4.30. The summed E-state index contributed by atoms with van der Waals surface area (Å²) in [6.07, 6.45) is 1.46. The number of fused-ring (bicyclic) bond motifs is 1. The van der Waals surface area contributed by atoms with Gasteiger partial charge in [-0.3, -0.25) is 19.3 Å². The summed E-state index contributed by atoms with van der Waals surface area (Å²) in [5.74, 6) is -1.69. The summed E-state index contributed by atoms with van der Waals surface area (Å²) in [5, 5.41) is 15.8. The van der Waals surface area contributed by atoms with Gasteiger partial charge < -0.3 is 25.4 Å². The predicted molar refractivity (Wildman–Crippen MR) is 133 cm³/mol. The predicted octanol–water partition coefficient (Wildman–Crippen LogP) is 0.547. The lowest BCUT2D eigenvalue weighted by molar-refractivity contribution is -0.140. The van der Waals surface area contributed by atoms with E-state index in [1.165, 1.54) is 4.90 Å². The fraction of sp³-hybridized carbons (Fsp3) is 0.640. The molecule has 0 aromatic heterocycles. The van der Waals surface area contributed by atoms with Crippen molar-refractivity contribution in [3.63, 3.8) is 0 Å². The van der Waals surface area contributed by atoms with Gasteiger partial charge in [-0.25, -0.2) is 0 Å². The number of aliphatic hydroxyl groups excluding tert-OH is 1. The summed E-state index contributed by atoms with van der Waals surface area (Å²) in [5.41, 5.74) is 0.693. The Morgan fingerprint density at radius 1 is 1.14 bits per heavy atom. The standard InChI is InChI=1S/C25H34N4O5S/c1-24-7-8-25(35-24)19(18(24)21(31)27-17-5-3-2-4-6-17)23(33)29(11-14-30)20(25)22(32)26-9-10-28-12-15-34-16-13-28/h2-6,18-20,30H,7-16H2,1H3,(H,26,32)(H,27,31)/t18-,19-,20?,24+,25?/m0/s1. The van der Waals surface area contributed by atoms with Gasteiger partial charge in [-0.2, -0.15) is 0 Å². The van der Waals surface area contributed by atoms with Crippen molar-refractivity contribution in [2.75, 3.05) is 57.9 Å². The van der Waals surface area contributed by atoms with E-state index in [9.17, 15) is 19.5 Å². The van der Waals surface area contributed by atoms with Crippen molar-refractivity contribution in [2.45, 2.75) is 35.3 Å². The highest BCUT2D eigenvalue weighted by atomic mass is 32.2. The zero-order chi connectivity index (χ0) is 24.6. The number of benzene rings is 1. The number of carbonyl (C=O) groups excluding carboxylic acids is 3. The van der Waals surface area contributed by atoms with E-state index in [1.54, 1.807) is 11.8 Å². The molecule has 190 valence electrons. The Morgan fingerprint density at radius 2 is 1.89 bits per heavy atom. The van der Waals surface area contributed by atoms with Crippen molar-refractivity contribution in [1.29, 1.82) is 0 Å². The molecule has 4 aliphatic heterocycles. The molecule has 3 N–H and O–H groups in total. The Morgan fingerprint density at radius 3 is 2.60 bits per heavy atom. The van der Waals surface area contributed by atoms with Crippen LogP contribution in [0.25, 0.3) is 0 Å². The van der Waals surface area contributed by atoms with Crippen LogP contribution in [0.2, 0.25) is 0 Å². The molecule has 0 aliphatic carbocycles. The van der Waals surface area contributed by atoms with Crippen LogP contribution in [0.5, 0.6) is 0 Å². The molecule has 4 heterocycles. The van der Waals surface area contributed by atoms with E-state index < -0.39 is 27.4 Å². The third-order valence-electron chi connectivity index (χ3n) is 8.02. The molecule has 1 aromatic rings. The number of ether oxygens (including phenoxy) is 1. The highest BCUT2D eigenvalue weighted by molar-refractivity contribution is 8.02. The molecule has 10 heteroatoms. The minimum Gasteiger partial charge on any atom is -0.395 e. The molecule has 2 unspecified atom stereocenters. The summed E-state index contributed by atoms with van der Waals surface area (Å²) in [4.78, 5) is 44.6. The third-order valence-corrected chi connectivity index (χ3v) is 10.0. The van der Waals surface area contributed by atoms with Crippen LogP contribution < -0.4 is 10.6 Å². The lowest BCUT2D eigenvalue weighted by atomic mass is 9.66. The topological polar surface area (TPSA) is 111 Å². The summed E-state index contributed by atoms with van der Waals surface area (Å²) in [6.45, 7) is 6.19. The van der Waals surface area contributed by atoms with E-state index in [2.05, 4.69) is 22.5 Å². The monoisotopic (exact) mass is 502 g/mol. The van der Waals surface area contributed by atoms with Gasteiger partial charge in [0.15, 0.2) is 0 Å². The average Bonchev–Trinajstić information content (AvgIpc) is 3.41. The second-order valence-electron chi connectivity index (χ2n) is 10.1. The van der Waals surface area contributed by atoms with E-state index in [4.69, 9.17) is 4.74 Å². The average molecular weight is 503 g/mol. The fourth-order valence-corrected chi connectivity index (χ4v) is 8.83. The van der Waals surface area contributed by atoms with Crippen molar-refractivity contribution in [3.05, 3.63) is 30.3 Å². The Kier molecular flexibility index (Phi) is 6.82. The van der Waals surface area contributed by atoms with Crippen LogP contribution in [0.1, 0.15) is 19.8 Å². The first kappa shape index (κ1) is 24.5. The van der Waals surface area contributed by atoms with Gasteiger partial charge in [-0.1, -0.05) is 18.2 Å². The number of aliphatic hydroxyl groups is 1. The van der Waals surface area contributed by atoms with Gasteiger partial charge in [-0.15, -0.1) is 11.8 Å². The molecule has 35 heavy (non-hydrogen) atoms. The zero-order valence-electron chi connectivity index (χ0n) is 20.1. The number of nitrogens with one attached hydrogen (secondary N) is 2.